The number of carbonyl (C=O) groups excluding carboxylic acids is 4. The molecular formula is C28H37NO9. The summed E-state index contributed by atoms with van der Waals surface area (Å²) in [4.78, 5) is 54.3. The highest BCUT2D eigenvalue weighted by molar-refractivity contribution is 6.04. The van der Waals surface area contributed by atoms with Crippen LogP contribution in [0.2, 0.25) is 0 Å². The number of hydroxylamine groups is 1. The maximum Gasteiger partial charge on any atom is 0.274 e. The Balaban J connectivity index is 0.00000400. The lowest BCUT2D eigenvalue weighted by molar-refractivity contribution is -0.152. The quantitative estimate of drug-likeness (QED) is 0.203. The normalized spacial score (nSPS) is 17.3. The zero-order valence-electron chi connectivity index (χ0n) is 21.4. The third kappa shape index (κ3) is 6.16. The summed E-state index contributed by atoms with van der Waals surface area (Å²) < 4.78 is 0. The van der Waals surface area contributed by atoms with Gasteiger partial charge in [-0.2, -0.15) is 0 Å². The van der Waals surface area contributed by atoms with Crippen molar-refractivity contribution in [3.63, 3.8) is 0 Å². The molecule has 1 aliphatic rings. The van der Waals surface area contributed by atoms with E-state index in [2.05, 4.69) is 5.48 Å². The molecule has 0 heterocycles. The van der Waals surface area contributed by atoms with E-state index in [1.807, 2.05) is 0 Å². The molecule has 208 valence electrons. The molecule has 0 spiro atoms. The van der Waals surface area contributed by atoms with Gasteiger partial charge in [-0.3, -0.25) is 24.0 Å². The SMILES string of the molecule is CONC(=O)c1cccc(-c2ccc(O)c3c2CC(CC(CCO)[C@](O)(CO)C(=O)CC(C)=O)CC3=O)c1.[HH].[HH]. The van der Waals surface area contributed by atoms with Crippen molar-refractivity contribution in [2.75, 3.05) is 20.3 Å². The molecule has 1 aliphatic carbocycles. The molecule has 2 aromatic carbocycles. The Hall–Kier alpha value is -3.44. The van der Waals surface area contributed by atoms with Crippen LogP contribution in [0.25, 0.3) is 11.1 Å². The van der Waals surface area contributed by atoms with Gasteiger partial charge in [-0.1, -0.05) is 18.2 Å². The fourth-order valence-corrected chi connectivity index (χ4v) is 5.23. The summed E-state index contributed by atoms with van der Waals surface area (Å²) in [6, 6.07) is 9.77. The van der Waals surface area contributed by atoms with E-state index in [0.29, 0.717) is 28.7 Å². The minimum Gasteiger partial charge on any atom is -0.507 e. The van der Waals surface area contributed by atoms with E-state index in [-0.39, 0.29) is 45.8 Å². The number of aliphatic hydroxyl groups is 3. The highest BCUT2D eigenvalue weighted by Crippen LogP contribution is 2.41. The lowest BCUT2D eigenvalue weighted by atomic mass is 9.71. The Morgan fingerprint density at radius 2 is 1.92 bits per heavy atom. The number of aliphatic hydroxyl groups excluding tert-OH is 2. The van der Waals surface area contributed by atoms with Crippen LogP contribution < -0.4 is 5.48 Å². The molecule has 10 heteroatoms. The standard InChI is InChI=1S/C28H33NO9.2H2/c1-16(32)10-25(35)28(37,15-31)20(8-9-30)11-17-12-22-21(6-7-23(33)26(22)24(34)13-17)18-4-3-5-19(14-18)27(36)29-38-2;;/h3-7,14,17,20,30-31,33,37H,8-13,15H2,1-2H3,(H,29,36);2*1H/t17?,20?,28-;;/m1../s1. The number of benzene rings is 2. The number of hydrogen-bond acceptors (Lipinski definition) is 9. The second kappa shape index (κ2) is 12.4. The Kier molecular flexibility index (Phi) is 9.50. The van der Waals surface area contributed by atoms with Crippen molar-refractivity contribution >= 4 is 23.3 Å². The summed E-state index contributed by atoms with van der Waals surface area (Å²) in [5.74, 6) is -3.56. The van der Waals surface area contributed by atoms with Crippen molar-refractivity contribution in [3.05, 3.63) is 53.1 Å². The van der Waals surface area contributed by atoms with Crippen LogP contribution in [-0.4, -0.2) is 69.6 Å². The van der Waals surface area contributed by atoms with Crippen LogP contribution in [0, 0.1) is 11.8 Å². The van der Waals surface area contributed by atoms with Crippen LogP contribution in [-0.2, 0) is 20.8 Å². The number of ketones is 3. The number of amides is 1. The molecule has 1 amide bonds. The van der Waals surface area contributed by atoms with Gasteiger partial charge in [0, 0.05) is 21.4 Å². The third-order valence-corrected chi connectivity index (χ3v) is 7.07. The molecule has 3 rings (SSSR count). The van der Waals surface area contributed by atoms with Crippen molar-refractivity contribution in [1.29, 1.82) is 0 Å². The topological polar surface area (TPSA) is 170 Å². The van der Waals surface area contributed by atoms with E-state index in [9.17, 15) is 39.6 Å². The predicted octanol–water partition coefficient (Wildman–Crippen LogP) is 2.25. The molecule has 0 aliphatic heterocycles. The number of fused-ring (bicyclic) bond motifs is 1. The van der Waals surface area contributed by atoms with E-state index in [0.717, 1.165) is 0 Å². The summed E-state index contributed by atoms with van der Waals surface area (Å²) in [5.41, 5.74) is 2.33. The predicted molar refractivity (Wildman–Crippen MR) is 141 cm³/mol. The highest BCUT2D eigenvalue weighted by atomic mass is 16.6. The summed E-state index contributed by atoms with van der Waals surface area (Å²) in [5, 5.41) is 41.2. The third-order valence-electron chi connectivity index (χ3n) is 7.07. The molecule has 0 saturated heterocycles. The van der Waals surface area contributed by atoms with Crippen molar-refractivity contribution in [2.24, 2.45) is 11.8 Å². The molecule has 3 atom stereocenters. The summed E-state index contributed by atoms with van der Waals surface area (Å²) >= 11 is 0. The van der Waals surface area contributed by atoms with Crippen molar-refractivity contribution in [2.45, 2.75) is 44.6 Å². The van der Waals surface area contributed by atoms with Gasteiger partial charge in [0.2, 0.25) is 0 Å². The molecule has 5 N–H and O–H groups in total. The molecule has 0 fully saturated rings. The van der Waals surface area contributed by atoms with Gasteiger partial charge >= 0.3 is 0 Å². The summed E-state index contributed by atoms with van der Waals surface area (Å²) in [6.07, 6.45) is -0.162. The lowest BCUT2D eigenvalue weighted by Gasteiger charge is -2.36. The zero-order chi connectivity index (χ0) is 28.0. The van der Waals surface area contributed by atoms with Gasteiger partial charge in [-0.05, 0) is 72.9 Å². The first kappa shape index (κ1) is 29.1. The van der Waals surface area contributed by atoms with Crippen molar-refractivity contribution < 1.29 is 47.3 Å². The minimum atomic E-state index is -2.25. The number of rotatable bonds is 12. The lowest BCUT2D eigenvalue weighted by Crippen LogP contribution is -2.51. The number of Topliss-reactive ketones (excluding diaryl/α,β-unsaturated/α-hetero) is 3. The molecular weight excluding hydrogens is 494 g/mol. The van der Waals surface area contributed by atoms with Crippen LogP contribution in [0.15, 0.2) is 36.4 Å². The minimum absolute atomic E-state index is 0. The van der Waals surface area contributed by atoms with Crippen LogP contribution in [0.3, 0.4) is 0 Å². The van der Waals surface area contributed by atoms with Crippen LogP contribution in [0.5, 0.6) is 5.75 Å². The van der Waals surface area contributed by atoms with Gasteiger partial charge in [0.05, 0.1) is 25.7 Å². The highest BCUT2D eigenvalue weighted by Gasteiger charge is 2.44. The Labute approximate surface area is 223 Å². The molecule has 2 unspecified atom stereocenters. The van der Waals surface area contributed by atoms with Gasteiger partial charge in [-0.25, -0.2) is 5.48 Å². The van der Waals surface area contributed by atoms with Crippen molar-refractivity contribution in [1.82, 2.24) is 5.48 Å². The van der Waals surface area contributed by atoms with Crippen molar-refractivity contribution in [3.8, 4) is 16.9 Å². The Morgan fingerprint density at radius 1 is 1.18 bits per heavy atom. The zero-order valence-corrected chi connectivity index (χ0v) is 21.4. The van der Waals surface area contributed by atoms with E-state index < -0.39 is 47.9 Å². The van der Waals surface area contributed by atoms with Gasteiger partial charge in [0.25, 0.3) is 5.91 Å². The molecule has 2 aromatic rings. The summed E-state index contributed by atoms with van der Waals surface area (Å²) in [6.45, 7) is -0.0985. The molecule has 0 bridgehead atoms. The van der Waals surface area contributed by atoms with Gasteiger partial charge < -0.3 is 20.4 Å². The monoisotopic (exact) mass is 531 g/mol. The maximum absolute atomic E-state index is 13.2. The fourth-order valence-electron chi connectivity index (χ4n) is 5.23. The number of carbonyl (C=O) groups is 4. The molecule has 10 nitrogen and oxygen atoms in total. The second-order valence-electron chi connectivity index (χ2n) is 9.73. The smallest absolute Gasteiger partial charge is 0.274 e. The van der Waals surface area contributed by atoms with Crippen LogP contribution in [0.1, 0.15) is 61.7 Å². The van der Waals surface area contributed by atoms with E-state index in [1.165, 1.54) is 20.1 Å². The number of phenols is 1. The second-order valence-corrected chi connectivity index (χ2v) is 9.73. The number of nitrogens with one attached hydrogen (secondary N) is 1. The Morgan fingerprint density at radius 3 is 2.55 bits per heavy atom. The largest absolute Gasteiger partial charge is 0.507 e. The first-order valence-electron chi connectivity index (χ1n) is 12.3. The molecule has 38 heavy (non-hydrogen) atoms. The van der Waals surface area contributed by atoms with E-state index in [1.54, 1.807) is 30.3 Å². The fraction of sp³-hybridized carbons (Fsp3) is 0.429. The average Bonchev–Trinajstić information content (AvgIpc) is 2.87. The van der Waals surface area contributed by atoms with Gasteiger partial charge in [0.15, 0.2) is 11.6 Å². The number of hydrogen-bond donors (Lipinski definition) is 5. The first-order valence-corrected chi connectivity index (χ1v) is 12.3. The maximum atomic E-state index is 13.2. The first-order chi connectivity index (χ1) is 18.0. The molecule has 0 aromatic heterocycles. The van der Waals surface area contributed by atoms with Crippen LogP contribution in [0.4, 0.5) is 0 Å². The summed E-state index contributed by atoms with van der Waals surface area (Å²) in [7, 11) is 1.32. The van der Waals surface area contributed by atoms with Gasteiger partial charge in [-0.15, -0.1) is 0 Å². The average molecular weight is 532 g/mol. The molecule has 0 saturated carbocycles. The molecule has 0 radical (unpaired) electrons. The van der Waals surface area contributed by atoms with Crippen LogP contribution >= 0.6 is 0 Å². The van der Waals surface area contributed by atoms with Gasteiger partial charge in [0.1, 0.15) is 17.1 Å². The van der Waals surface area contributed by atoms with E-state index >= 15 is 0 Å². The number of aromatic hydroxyl groups is 1. The Bertz CT molecular complexity index is 1240. The number of phenolic OH excluding ortho intramolecular Hbond substituents is 1. The van der Waals surface area contributed by atoms with E-state index in [4.69, 9.17) is 4.84 Å².